The summed E-state index contributed by atoms with van der Waals surface area (Å²) in [4.78, 5) is 23.6. The van der Waals surface area contributed by atoms with Gasteiger partial charge in [0.05, 0.1) is 35.9 Å². The van der Waals surface area contributed by atoms with Crippen LogP contribution in [0.15, 0.2) is 36.5 Å². The van der Waals surface area contributed by atoms with E-state index < -0.39 is 0 Å². The molecule has 1 aliphatic heterocycles. The van der Waals surface area contributed by atoms with Gasteiger partial charge in [-0.25, -0.2) is 14.8 Å². The van der Waals surface area contributed by atoms with Crippen LogP contribution in [-0.4, -0.2) is 30.7 Å². The second kappa shape index (κ2) is 6.83. The Balaban J connectivity index is 1.51. The first kappa shape index (κ1) is 17.2. The van der Waals surface area contributed by atoms with Gasteiger partial charge in [0.25, 0.3) is 0 Å². The molecule has 0 saturated heterocycles. The van der Waals surface area contributed by atoms with Gasteiger partial charge in [0.15, 0.2) is 5.82 Å². The summed E-state index contributed by atoms with van der Waals surface area (Å²) in [5.74, 6) is 0.688. The van der Waals surface area contributed by atoms with Crippen LogP contribution in [0.3, 0.4) is 0 Å². The highest BCUT2D eigenvalue weighted by molar-refractivity contribution is 5.90. The number of carbonyl (C=O) groups is 1. The zero-order chi connectivity index (χ0) is 19.0. The maximum atomic E-state index is 12.8. The molecule has 4 rings (SSSR count). The van der Waals surface area contributed by atoms with Gasteiger partial charge in [0.2, 0.25) is 0 Å². The molecule has 0 saturated carbocycles. The summed E-state index contributed by atoms with van der Waals surface area (Å²) < 4.78 is 1.89. The second-order valence-corrected chi connectivity index (χ2v) is 6.68. The van der Waals surface area contributed by atoms with Gasteiger partial charge < -0.3 is 10.2 Å². The van der Waals surface area contributed by atoms with Gasteiger partial charge in [0.1, 0.15) is 0 Å². The molecule has 27 heavy (non-hydrogen) atoms. The fourth-order valence-electron chi connectivity index (χ4n) is 3.39. The highest BCUT2D eigenvalue weighted by Crippen LogP contribution is 2.25. The summed E-state index contributed by atoms with van der Waals surface area (Å²) >= 11 is 0. The number of aromatic nitrogens is 4. The van der Waals surface area contributed by atoms with E-state index >= 15 is 0 Å². The zero-order valence-corrected chi connectivity index (χ0v) is 15.7. The zero-order valence-electron chi connectivity index (χ0n) is 15.7. The molecule has 0 radical (unpaired) electrons. The van der Waals surface area contributed by atoms with Gasteiger partial charge in [-0.2, -0.15) is 5.10 Å². The molecule has 3 aromatic rings. The number of carbonyl (C=O) groups excluding carboxylic acids is 1. The highest BCUT2D eigenvalue weighted by atomic mass is 16.2. The van der Waals surface area contributed by atoms with E-state index in [1.807, 2.05) is 62.0 Å². The van der Waals surface area contributed by atoms with Crippen LogP contribution in [0.5, 0.6) is 0 Å². The number of nitrogens with one attached hydrogen (secondary N) is 1. The minimum atomic E-state index is -0.142. The molecule has 0 atom stereocenters. The molecule has 0 aliphatic carbocycles. The molecule has 2 amide bonds. The third kappa shape index (κ3) is 3.16. The van der Waals surface area contributed by atoms with Crippen LogP contribution in [0.25, 0.3) is 11.4 Å². The minimum absolute atomic E-state index is 0.142. The predicted molar refractivity (Wildman–Crippen MR) is 103 cm³/mol. The number of amides is 2. The topological polar surface area (TPSA) is 75.9 Å². The monoisotopic (exact) mass is 362 g/mol. The maximum Gasteiger partial charge on any atom is 0.322 e. The largest absolute Gasteiger partial charge is 0.322 e. The van der Waals surface area contributed by atoms with Gasteiger partial charge in [-0.1, -0.05) is 30.3 Å². The summed E-state index contributed by atoms with van der Waals surface area (Å²) in [5, 5.41) is 7.47. The summed E-state index contributed by atoms with van der Waals surface area (Å²) in [6, 6.07) is 9.72. The Morgan fingerprint density at radius 1 is 1.19 bits per heavy atom. The Kier molecular flexibility index (Phi) is 4.35. The number of hydrogen-bond acceptors (Lipinski definition) is 4. The molecule has 0 fully saturated rings. The molecular weight excluding hydrogens is 340 g/mol. The molecule has 0 bridgehead atoms. The quantitative estimate of drug-likeness (QED) is 0.773. The van der Waals surface area contributed by atoms with Crippen LogP contribution >= 0.6 is 0 Å². The SMILES string of the molecule is CCn1nc(C)c(NC(=O)N2Cc3cnc(-c4ccccc4)nc3C2)c1C. The van der Waals surface area contributed by atoms with Crippen molar-refractivity contribution in [3.63, 3.8) is 0 Å². The predicted octanol–water partition coefficient (Wildman–Crippen LogP) is 3.52. The first-order chi connectivity index (χ1) is 13.1. The van der Waals surface area contributed by atoms with Crippen molar-refractivity contribution < 1.29 is 4.79 Å². The number of anilines is 1. The van der Waals surface area contributed by atoms with Crippen molar-refractivity contribution in [2.24, 2.45) is 0 Å². The summed E-state index contributed by atoms with van der Waals surface area (Å²) in [7, 11) is 0. The first-order valence-corrected chi connectivity index (χ1v) is 9.07. The lowest BCUT2D eigenvalue weighted by Crippen LogP contribution is -2.30. The molecule has 3 heterocycles. The molecule has 1 aromatic carbocycles. The van der Waals surface area contributed by atoms with E-state index in [1.165, 1.54) is 0 Å². The van der Waals surface area contributed by atoms with E-state index in [-0.39, 0.29) is 6.03 Å². The normalized spacial score (nSPS) is 12.9. The Morgan fingerprint density at radius 3 is 2.67 bits per heavy atom. The molecule has 7 nitrogen and oxygen atoms in total. The van der Waals surface area contributed by atoms with Crippen molar-refractivity contribution in [2.45, 2.75) is 40.4 Å². The lowest BCUT2D eigenvalue weighted by molar-refractivity contribution is 0.212. The molecule has 1 aliphatic rings. The van der Waals surface area contributed by atoms with Crippen molar-refractivity contribution in [1.82, 2.24) is 24.6 Å². The number of rotatable bonds is 3. The standard InChI is InChI=1S/C20H22N6O/c1-4-26-14(3)18(13(2)24-26)23-20(27)25-11-16-10-21-19(22-17(16)12-25)15-8-6-5-7-9-15/h5-10H,4,11-12H2,1-3H3,(H,23,27). The Bertz CT molecular complexity index is 995. The second-order valence-electron chi connectivity index (χ2n) is 6.68. The fraction of sp³-hybridized carbons (Fsp3) is 0.300. The minimum Gasteiger partial charge on any atom is -0.314 e. The van der Waals surface area contributed by atoms with Gasteiger partial charge in [-0.3, -0.25) is 4.68 Å². The molecular formula is C20H22N6O. The Hall–Kier alpha value is -3.22. The number of aryl methyl sites for hydroxylation is 2. The van der Waals surface area contributed by atoms with Gasteiger partial charge in [0, 0.05) is 23.9 Å². The van der Waals surface area contributed by atoms with Crippen molar-refractivity contribution in [3.05, 3.63) is 59.2 Å². The molecule has 7 heteroatoms. The molecule has 0 spiro atoms. The Labute approximate surface area is 158 Å². The number of nitrogens with zero attached hydrogens (tertiary/aromatic N) is 5. The van der Waals surface area contributed by atoms with E-state index in [4.69, 9.17) is 0 Å². The lowest BCUT2D eigenvalue weighted by Gasteiger charge is -2.16. The van der Waals surface area contributed by atoms with Crippen molar-refractivity contribution in [1.29, 1.82) is 0 Å². The molecule has 2 aromatic heterocycles. The number of hydrogen-bond donors (Lipinski definition) is 1. The Morgan fingerprint density at radius 2 is 1.96 bits per heavy atom. The van der Waals surface area contributed by atoms with Crippen LogP contribution < -0.4 is 5.32 Å². The first-order valence-electron chi connectivity index (χ1n) is 9.07. The van der Waals surface area contributed by atoms with Crippen molar-refractivity contribution in [3.8, 4) is 11.4 Å². The average Bonchev–Trinajstić information content (AvgIpc) is 3.24. The third-order valence-electron chi connectivity index (χ3n) is 4.89. The van der Waals surface area contributed by atoms with Gasteiger partial charge in [-0.15, -0.1) is 0 Å². The highest BCUT2D eigenvalue weighted by Gasteiger charge is 2.26. The van der Waals surface area contributed by atoms with Crippen LogP contribution in [0.1, 0.15) is 29.6 Å². The van der Waals surface area contributed by atoms with Crippen LogP contribution in [0.2, 0.25) is 0 Å². The van der Waals surface area contributed by atoms with E-state index in [0.717, 1.165) is 40.4 Å². The lowest BCUT2D eigenvalue weighted by atomic mass is 10.2. The average molecular weight is 362 g/mol. The van der Waals surface area contributed by atoms with E-state index in [1.54, 1.807) is 4.90 Å². The smallest absolute Gasteiger partial charge is 0.314 e. The summed E-state index contributed by atoms with van der Waals surface area (Å²) in [6.45, 7) is 7.67. The fourth-order valence-corrected chi connectivity index (χ4v) is 3.39. The number of benzene rings is 1. The van der Waals surface area contributed by atoms with Crippen LogP contribution in [0.4, 0.5) is 10.5 Å². The molecule has 0 unspecified atom stereocenters. The van der Waals surface area contributed by atoms with Crippen LogP contribution in [0, 0.1) is 13.8 Å². The maximum absolute atomic E-state index is 12.8. The van der Waals surface area contributed by atoms with Gasteiger partial charge >= 0.3 is 6.03 Å². The van der Waals surface area contributed by atoms with E-state index in [2.05, 4.69) is 20.4 Å². The number of fused-ring (bicyclic) bond motifs is 1. The van der Waals surface area contributed by atoms with Crippen molar-refractivity contribution in [2.75, 3.05) is 5.32 Å². The molecule has 1 N–H and O–H groups in total. The third-order valence-corrected chi connectivity index (χ3v) is 4.89. The van der Waals surface area contributed by atoms with Crippen molar-refractivity contribution >= 4 is 11.7 Å². The van der Waals surface area contributed by atoms with E-state index in [0.29, 0.717) is 18.9 Å². The van der Waals surface area contributed by atoms with Gasteiger partial charge in [-0.05, 0) is 20.8 Å². The number of urea groups is 1. The summed E-state index contributed by atoms with van der Waals surface area (Å²) in [6.07, 6.45) is 1.82. The van der Waals surface area contributed by atoms with E-state index in [9.17, 15) is 4.79 Å². The summed E-state index contributed by atoms with van der Waals surface area (Å²) in [5.41, 5.74) is 5.44. The molecule has 138 valence electrons. The van der Waals surface area contributed by atoms with Crippen LogP contribution in [-0.2, 0) is 19.6 Å².